The van der Waals surface area contributed by atoms with Crippen LogP contribution in [0.25, 0.3) is 0 Å². The molecule has 4 nitrogen and oxygen atoms in total. The van der Waals surface area contributed by atoms with Crippen LogP contribution in [-0.4, -0.2) is 56.0 Å². The highest BCUT2D eigenvalue weighted by molar-refractivity contribution is 5.85. The second-order valence-electron chi connectivity index (χ2n) is 5.98. The lowest BCUT2D eigenvalue weighted by Gasteiger charge is -2.35. The number of hydrogen-bond acceptors (Lipinski definition) is 3. The van der Waals surface area contributed by atoms with Gasteiger partial charge in [0, 0.05) is 26.2 Å². The topological polar surface area (TPSA) is 49.6 Å². The molecule has 1 heterocycles. The lowest BCUT2D eigenvalue weighted by atomic mass is 9.94. The van der Waals surface area contributed by atoms with Crippen molar-refractivity contribution in [1.29, 1.82) is 0 Å². The van der Waals surface area contributed by atoms with Crippen LogP contribution in [0.1, 0.15) is 25.7 Å². The van der Waals surface area contributed by atoms with E-state index in [4.69, 9.17) is 5.73 Å². The van der Waals surface area contributed by atoms with E-state index in [0.29, 0.717) is 12.5 Å². The van der Waals surface area contributed by atoms with E-state index >= 15 is 0 Å². The molecule has 1 aliphatic carbocycles. The molecular formula is C13H25N3O. The van der Waals surface area contributed by atoms with Crippen LogP contribution in [0.4, 0.5) is 0 Å². The van der Waals surface area contributed by atoms with Gasteiger partial charge >= 0.3 is 0 Å². The number of rotatable bonds is 4. The Balaban J connectivity index is 1.81. The Morgan fingerprint density at radius 1 is 1.35 bits per heavy atom. The van der Waals surface area contributed by atoms with Gasteiger partial charge in [0.2, 0.25) is 5.91 Å². The van der Waals surface area contributed by atoms with Crippen molar-refractivity contribution in [2.75, 3.05) is 40.3 Å². The summed E-state index contributed by atoms with van der Waals surface area (Å²) in [5, 5.41) is 0. The van der Waals surface area contributed by atoms with Gasteiger partial charge in [0.25, 0.3) is 0 Å². The summed E-state index contributed by atoms with van der Waals surface area (Å²) in [6.45, 7) is 3.53. The minimum absolute atomic E-state index is 0.158. The predicted molar refractivity (Wildman–Crippen MR) is 68.6 cm³/mol. The number of hydrogen-bond donors (Lipinski definition) is 1. The third-order valence-electron chi connectivity index (χ3n) is 4.22. The Morgan fingerprint density at radius 2 is 1.94 bits per heavy atom. The summed E-state index contributed by atoms with van der Waals surface area (Å²) in [6, 6.07) is 0. The molecule has 0 spiro atoms. The predicted octanol–water partition coefficient (Wildman–Crippen LogP) is 0.526. The maximum absolute atomic E-state index is 12.3. The maximum atomic E-state index is 12.3. The monoisotopic (exact) mass is 239 g/mol. The number of nitrogens with two attached hydrogens (primary N) is 1. The average molecular weight is 239 g/mol. The molecule has 0 aromatic heterocycles. The Bertz CT molecular complexity index is 278. The van der Waals surface area contributed by atoms with Crippen molar-refractivity contribution in [3.63, 3.8) is 0 Å². The second-order valence-corrected chi connectivity index (χ2v) is 5.98. The lowest BCUT2D eigenvalue weighted by Crippen LogP contribution is -2.45. The zero-order valence-electron chi connectivity index (χ0n) is 11.1. The molecule has 0 unspecified atom stereocenters. The van der Waals surface area contributed by atoms with Crippen LogP contribution in [0.2, 0.25) is 0 Å². The third-order valence-corrected chi connectivity index (χ3v) is 4.22. The van der Waals surface area contributed by atoms with Crippen LogP contribution < -0.4 is 5.73 Å². The zero-order chi connectivity index (χ0) is 12.5. The molecular weight excluding hydrogens is 214 g/mol. The fourth-order valence-corrected chi connectivity index (χ4v) is 2.83. The summed E-state index contributed by atoms with van der Waals surface area (Å²) in [6.07, 6.45) is 4.29. The van der Waals surface area contributed by atoms with Gasteiger partial charge in [-0.3, -0.25) is 4.79 Å². The smallest absolute Gasteiger partial charge is 0.230 e. The fourth-order valence-electron chi connectivity index (χ4n) is 2.83. The number of amides is 1. The Morgan fingerprint density at radius 3 is 2.35 bits per heavy atom. The summed E-state index contributed by atoms with van der Waals surface area (Å²) in [7, 11) is 4.23. The molecule has 0 bridgehead atoms. The SMILES string of the molecule is CN(C)CC1CCN(C(=O)C2(CN)CC2)CC1. The highest BCUT2D eigenvalue weighted by Gasteiger charge is 2.50. The molecule has 2 N–H and O–H groups in total. The van der Waals surface area contributed by atoms with Gasteiger partial charge in [-0.1, -0.05) is 0 Å². The molecule has 2 rings (SSSR count). The summed E-state index contributed by atoms with van der Waals surface area (Å²) in [4.78, 5) is 16.6. The first-order valence-corrected chi connectivity index (χ1v) is 6.71. The number of piperidine rings is 1. The Hall–Kier alpha value is -0.610. The number of nitrogens with zero attached hydrogens (tertiary/aromatic N) is 2. The molecule has 1 aliphatic heterocycles. The van der Waals surface area contributed by atoms with Crippen molar-refractivity contribution in [3.8, 4) is 0 Å². The first kappa shape index (κ1) is 12.8. The van der Waals surface area contributed by atoms with E-state index in [1.165, 1.54) is 0 Å². The fraction of sp³-hybridized carbons (Fsp3) is 0.923. The summed E-state index contributed by atoms with van der Waals surface area (Å²) >= 11 is 0. The number of likely N-dealkylation sites (tertiary alicyclic amines) is 1. The third kappa shape index (κ3) is 2.80. The van der Waals surface area contributed by atoms with Gasteiger partial charge in [0.05, 0.1) is 5.41 Å². The van der Waals surface area contributed by atoms with Crippen molar-refractivity contribution in [3.05, 3.63) is 0 Å². The van der Waals surface area contributed by atoms with Gasteiger partial charge in [0.1, 0.15) is 0 Å². The first-order valence-electron chi connectivity index (χ1n) is 6.71. The standard InChI is InChI=1S/C13H25N3O/c1-15(2)9-11-3-7-16(8-4-11)12(17)13(10-14)5-6-13/h11H,3-10,14H2,1-2H3. The van der Waals surface area contributed by atoms with Gasteiger partial charge in [-0.25, -0.2) is 0 Å². The Kier molecular flexibility index (Phi) is 3.73. The molecule has 98 valence electrons. The van der Waals surface area contributed by atoms with Crippen molar-refractivity contribution < 1.29 is 4.79 Å². The van der Waals surface area contributed by atoms with E-state index in [1.807, 2.05) is 4.90 Å². The van der Waals surface area contributed by atoms with E-state index in [-0.39, 0.29) is 5.41 Å². The zero-order valence-corrected chi connectivity index (χ0v) is 11.1. The van der Waals surface area contributed by atoms with Crippen LogP contribution in [0.5, 0.6) is 0 Å². The first-order chi connectivity index (χ1) is 8.07. The molecule has 1 saturated heterocycles. The van der Waals surface area contributed by atoms with Gasteiger partial charge in [-0.05, 0) is 45.7 Å². The molecule has 0 aromatic carbocycles. The highest BCUT2D eigenvalue weighted by Crippen LogP contribution is 2.46. The van der Waals surface area contributed by atoms with E-state index in [0.717, 1.165) is 51.2 Å². The van der Waals surface area contributed by atoms with Crippen LogP contribution in [0.3, 0.4) is 0 Å². The van der Waals surface area contributed by atoms with E-state index in [2.05, 4.69) is 19.0 Å². The van der Waals surface area contributed by atoms with Gasteiger partial charge in [0.15, 0.2) is 0 Å². The van der Waals surface area contributed by atoms with Crippen LogP contribution in [0.15, 0.2) is 0 Å². The molecule has 2 aliphatic rings. The summed E-state index contributed by atoms with van der Waals surface area (Å²) in [5.74, 6) is 1.07. The van der Waals surface area contributed by atoms with Crippen molar-refractivity contribution >= 4 is 5.91 Å². The molecule has 2 fully saturated rings. The lowest BCUT2D eigenvalue weighted by molar-refractivity contribution is -0.138. The number of carbonyl (C=O) groups excluding carboxylic acids is 1. The maximum Gasteiger partial charge on any atom is 0.230 e. The van der Waals surface area contributed by atoms with Crippen LogP contribution >= 0.6 is 0 Å². The Labute approximate surface area is 104 Å². The van der Waals surface area contributed by atoms with Gasteiger partial charge in [-0.2, -0.15) is 0 Å². The van der Waals surface area contributed by atoms with Crippen LogP contribution in [0, 0.1) is 11.3 Å². The molecule has 0 aromatic rings. The summed E-state index contributed by atoms with van der Waals surface area (Å²) in [5.41, 5.74) is 5.56. The minimum atomic E-state index is -0.158. The molecule has 17 heavy (non-hydrogen) atoms. The molecule has 1 saturated carbocycles. The molecule has 0 atom stereocenters. The normalized spacial score (nSPS) is 24.1. The molecule has 0 radical (unpaired) electrons. The van der Waals surface area contributed by atoms with Crippen molar-refractivity contribution in [1.82, 2.24) is 9.80 Å². The quantitative estimate of drug-likeness (QED) is 0.778. The molecule has 1 amide bonds. The van der Waals surface area contributed by atoms with E-state index in [9.17, 15) is 4.79 Å². The summed E-state index contributed by atoms with van der Waals surface area (Å²) < 4.78 is 0. The largest absolute Gasteiger partial charge is 0.342 e. The molecule has 4 heteroatoms. The van der Waals surface area contributed by atoms with Gasteiger partial charge in [-0.15, -0.1) is 0 Å². The van der Waals surface area contributed by atoms with E-state index in [1.54, 1.807) is 0 Å². The van der Waals surface area contributed by atoms with Crippen molar-refractivity contribution in [2.45, 2.75) is 25.7 Å². The van der Waals surface area contributed by atoms with Gasteiger partial charge < -0.3 is 15.5 Å². The highest BCUT2D eigenvalue weighted by atomic mass is 16.2. The second kappa shape index (κ2) is 4.94. The van der Waals surface area contributed by atoms with E-state index < -0.39 is 0 Å². The van der Waals surface area contributed by atoms with Crippen molar-refractivity contribution in [2.24, 2.45) is 17.1 Å². The minimum Gasteiger partial charge on any atom is -0.342 e. The van der Waals surface area contributed by atoms with Crippen LogP contribution in [-0.2, 0) is 4.79 Å². The average Bonchev–Trinajstić information content (AvgIpc) is 3.09. The number of carbonyl (C=O) groups is 1.